The van der Waals surface area contributed by atoms with E-state index in [1.807, 2.05) is 32.0 Å². The highest BCUT2D eigenvalue weighted by Gasteiger charge is 2.36. The fourth-order valence-electron chi connectivity index (χ4n) is 4.75. The van der Waals surface area contributed by atoms with Crippen molar-refractivity contribution in [2.45, 2.75) is 90.4 Å². The van der Waals surface area contributed by atoms with Crippen LogP contribution in [0.4, 0.5) is 5.95 Å². The largest absolute Gasteiger partial charge is 0.478 e. The Balaban J connectivity index is 1.84. The van der Waals surface area contributed by atoms with Crippen molar-refractivity contribution in [3.8, 4) is 17.1 Å². The Labute approximate surface area is 275 Å². The first-order valence-electron chi connectivity index (χ1n) is 15.7. The van der Waals surface area contributed by atoms with Gasteiger partial charge in [0, 0.05) is 24.3 Å². The summed E-state index contributed by atoms with van der Waals surface area (Å²) >= 11 is 0. The molecule has 1 aromatic heterocycles. The van der Waals surface area contributed by atoms with Crippen molar-refractivity contribution in [1.82, 2.24) is 15.3 Å². The number of sulfonamides is 1. The molecule has 46 heavy (non-hydrogen) atoms. The van der Waals surface area contributed by atoms with Gasteiger partial charge in [-0.05, 0) is 86.6 Å². The number of carboxylic acid groups (broad SMARTS) is 1. The standard InChI is InChI=1S/C34H50N4O6SSi/c1-23(2)19-27(35-17-12-18-44-46(8,9)34(5,6)7)22-43-30-21-29(31-24(3)13-10-14-25(31)4)36-33(37-30)38-45(41,42)28-16-11-15-26(20-28)32(39)40/h10-11,13-16,20-21,23,27,35H,12,17-19,22H2,1-9H3,(H,39,40)(H,36,37,38)/t27-/m1/s1. The van der Waals surface area contributed by atoms with E-state index in [1.165, 1.54) is 18.2 Å². The lowest BCUT2D eigenvalue weighted by Crippen LogP contribution is -2.42. The van der Waals surface area contributed by atoms with Gasteiger partial charge in [0.2, 0.25) is 11.8 Å². The number of aryl methyl sites for hydroxylation is 2. The molecule has 0 saturated carbocycles. The van der Waals surface area contributed by atoms with E-state index in [0.29, 0.717) is 24.8 Å². The van der Waals surface area contributed by atoms with Crippen molar-refractivity contribution < 1.29 is 27.5 Å². The van der Waals surface area contributed by atoms with Crippen molar-refractivity contribution in [2.24, 2.45) is 5.92 Å². The first kappa shape index (κ1) is 37.1. The number of aromatic carboxylic acids is 1. The zero-order valence-electron chi connectivity index (χ0n) is 28.6. The van der Waals surface area contributed by atoms with Crippen LogP contribution in [-0.2, 0) is 14.4 Å². The first-order valence-corrected chi connectivity index (χ1v) is 20.1. The van der Waals surface area contributed by atoms with Crippen LogP contribution in [0.25, 0.3) is 11.3 Å². The zero-order valence-corrected chi connectivity index (χ0v) is 30.4. The third kappa shape index (κ3) is 10.3. The van der Waals surface area contributed by atoms with E-state index in [0.717, 1.165) is 42.1 Å². The molecule has 12 heteroatoms. The summed E-state index contributed by atoms with van der Waals surface area (Å²) in [5.41, 5.74) is 3.14. The predicted molar refractivity (Wildman–Crippen MR) is 186 cm³/mol. The van der Waals surface area contributed by atoms with Gasteiger partial charge in [-0.2, -0.15) is 4.98 Å². The maximum absolute atomic E-state index is 13.3. The van der Waals surface area contributed by atoms with E-state index >= 15 is 0 Å². The Morgan fingerprint density at radius 3 is 2.28 bits per heavy atom. The van der Waals surface area contributed by atoms with E-state index < -0.39 is 24.3 Å². The lowest BCUT2D eigenvalue weighted by molar-refractivity contribution is 0.0696. The van der Waals surface area contributed by atoms with Crippen LogP contribution in [0.15, 0.2) is 53.4 Å². The minimum atomic E-state index is -4.21. The van der Waals surface area contributed by atoms with E-state index in [9.17, 15) is 18.3 Å². The van der Waals surface area contributed by atoms with Crippen LogP contribution >= 0.6 is 0 Å². The number of rotatable bonds is 16. The molecule has 0 amide bonds. The number of ether oxygens (including phenoxy) is 1. The van der Waals surface area contributed by atoms with Gasteiger partial charge in [0.25, 0.3) is 10.0 Å². The third-order valence-corrected chi connectivity index (χ3v) is 14.1. The summed E-state index contributed by atoms with van der Waals surface area (Å²) in [5, 5.41) is 13.1. The highest BCUT2D eigenvalue weighted by Crippen LogP contribution is 2.36. The lowest BCUT2D eigenvalue weighted by atomic mass is 10.00. The fourth-order valence-corrected chi connectivity index (χ4v) is 6.83. The second-order valence-electron chi connectivity index (χ2n) is 13.7. The average Bonchev–Trinajstić information content (AvgIpc) is 2.94. The lowest BCUT2D eigenvalue weighted by Gasteiger charge is -2.36. The number of hydrogen-bond donors (Lipinski definition) is 3. The number of nitrogens with zero attached hydrogens (tertiary/aromatic N) is 2. The quantitative estimate of drug-likeness (QED) is 0.108. The zero-order chi connectivity index (χ0) is 34.3. The highest BCUT2D eigenvalue weighted by molar-refractivity contribution is 7.92. The normalized spacial score (nSPS) is 13.1. The Morgan fingerprint density at radius 1 is 1.02 bits per heavy atom. The number of benzene rings is 2. The summed E-state index contributed by atoms with van der Waals surface area (Å²) in [5.74, 6) is -0.758. The van der Waals surface area contributed by atoms with Gasteiger partial charge in [-0.3, -0.25) is 0 Å². The summed E-state index contributed by atoms with van der Waals surface area (Å²) in [7, 11) is -6.01. The van der Waals surface area contributed by atoms with Crippen LogP contribution in [0, 0.1) is 19.8 Å². The molecule has 0 radical (unpaired) electrons. The minimum Gasteiger partial charge on any atom is -0.478 e. The SMILES string of the molecule is Cc1cccc(C)c1-c1cc(OC[C@@H](CC(C)C)NCCCO[Si](C)(C)C(C)(C)C)nc(NS(=O)(=O)c2cccc(C(=O)O)c2)n1. The van der Waals surface area contributed by atoms with Crippen LogP contribution < -0.4 is 14.8 Å². The molecule has 252 valence electrons. The van der Waals surface area contributed by atoms with Gasteiger partial charge in [-0.1, -0.05) is 58.9 Å². The van der Waals surface area contributed by atoms with Crippen molar-refractivity contribution in [1.29, 1.82) is 0 Å². The molecule has 2 aromatic carbocycles. The number of anilines is 1. The molecule has 0 fully saturated rings. The first-order chi connectivity index (χ1) is 21.4. The molecule has 3 aromatic rings. The molecule has 1 heterocycles. The van der Waals surface area contributed by atoms with Crippen LogP contribution in [0.2, 0.25) is 18.1 Å². The Morgan fingerprint density at radius 2 is 1.67 bits per heavy atom. The molecule has 3 rings (SSSR count). The van der Waals surface area contributed by atoms with Crippen LogP contribution in [0.3, 0.4) is 0 Å². The highest BCUT2D eigenvalue weighted by atomic mass is 32.2. The number of aromatic nitrogens is 2. The molecule has 0 aliphatic carbocycles. The molecule has 0 aliphatic rings. The number of carboxylic acids is 1. The summed E-state index contributed by atoms with van der Waals surface area (Å²) in [6.07, 6.45) is 1.75. The van der Waals surface area contributed by atoms with E-state index in [4.69, 9.17) is 9.16 Å². The molecule has 3 N–H and O–H groups in total. The van der Waals surface area contributed by atoms with Crippen LogP contribution in [0.5, 0.6) is 5.88 Å². The van der Waals surface area contributed by atoms with Crippen LogP contribution in [-0.4, -0.2) is 63.6 Å². The Hall–Kier alpha value is -3.32. The van der Waals surface area contributed by atoms with Crippen LogP contribution in [0.1, 0.15) is 68.9 Å². The van der Waals surface area contributed by atoms with Gasteiger partial charge in [0.15, 0.2) is 8.32 Å². The van der Waals surface area contributed by atoms with Crippen molar-refractivity contribution in [3.63, 3.8) is 0 Å². The molecule has 10 nitrogen and oxygen atoms in total. The Bertz CT molecular complexity index is 1590. The molecule has 0 saturated heterocycles. The number of nitrogens with one attached hydrogen (secondary N) is 2. The van der Waals surface area contributed by atoms with Crippen molar-refractivity contribution >= 4 is 30.3 Å². The minimum absolute atomic E-state index is 0.0328. The summed E-state index contributed by atoms with van der Waals surface area (Å²) in [6, 6.07) is 12.7. The average molecular weight is 671 g/mol. The van der Waals surface area contributed by atoms with Crippen molar-refractivity contribution in [3.05, 3.63) is 65.2 Å². The van der Waals surface area contributed by atoms with E-state index in [-0.39, 0.29) is 33.4 Å². The Kier molecular flexibility index (Phi) is 12.5. The molecular formula is C34H50N4O6SSi. The van der Waals surface area contributed by atoms with Gasteiger partial charge >= 0.3 is 5.97 Å². The topological polar surface area (TPSA) is 140 Å². The van der Waals surface area contributed by atoms with Gasteiger partial charge in [0.05, 0.1) is 16.2 Å². The fraction of sp³-hybridized carbons (Fsp3) is 0.500. The smallest absolute Gasteiger partial charge is 0.335 e. The summed E-state index contributed by atoms with van der Waals surface area (Å²) in [6.45, 7) is 21.2. The monoisotopic (exact) mass is 670 g/mol. The number of hydrogen-bond acceptors (Lipinski definition) is 8. The second-order valence-corrected chi connectivity index (χ2v) is 20.2. The van der Waals surface area contributed by atoms with Gasteiger partial charge in [-0.25, -0.2) is 22.9 Å². The number of carbonyl (C=O) groups is 1. The van der Waals surface area contributed by atoms with Gasteiger partial charge in [0.1, 0.15) is 6.61 Å². The van der Waals surface area contributed by atoms with Gasteiger partial charge in [-0.15, -0.1) is 0 Å². The molecule has 0 bridgehead atoms. The van der Waals surface area contributed by atoms with E-state index in [2.05, 4.69) is 67.7 Å². The molecule has 0 unspecified atom stereocenters. The summed E-state index contributed by atoms with van der Waals surface area (Å²) < 4.78 is 41.6. The molecular weight excluding hydrogens is 621 g/mol. The molecule has 1 atom stereocenters. The maximum atomic E-state index is 13.3. The van der Waals surface area contributed by atoms with Gasteiger partial charge < -0.3 is 19.6 Å². The maximum Gasteiger partial charge on any atom is 0.335 e. The third-order valence-electron chi connectivity index (χ3n) is 8.27. The molecule has 0 aliphatic heterocycles. The predicted octanol–water partition coefficient (Wildman–Crippen LogP) is 7.05. The van der Waals surface area contributed by atoms with Crippen molar-refractivity contribution in [2.75, 3.05) is 24.5 Å². The summed E-state index contributed by atoms with van der Waals surface area (Å²) in [4.78, 5) is 20.2. The molecule has 0 spiro atoms. The van der Waals surface area contributed by atoms with E-state index in [1.54, 1.807) is 6.07 Å². The second kappa shape index (κ2) is 15.5.